The largest absolute Gasteiger partial charge is 0.348 e. The van der Waals surface area contributed by atoms with Gasteiger partial charge < -0.3 is 9.38 Å². The Labute approximate surface area is 288 Å². The quantitative estimate of drug-likeness (QED) is 0.164. The van der Waals surface area contributed by atoms with Crippen LogP contribution in [0.4, 0.5) is 0 Å². The summed E-state index contributed by atoms with van der Waals surface area (Å²) in [7, 11) is 0. The number of nitrogens with zero attached hydrogens (tertiary/aromatic N) is 3. The van der Waals surface area contributed by atoms with E-state index in [0.717, 1.165) is 32.8 Å². The molecular weight excluding hydrogens is 727 g/mol. The molecule has 45 heavy (non-hydrogen) atoms. The first kappa shape index (κ1) is 20.2. The maximum Gasteiger partial charge on any atom is 0.0530 e. The van der Waals surface area contributed by atoms with Gasteiger partial charge in [0.2, 0.25) is 0 Å². The topological polar surface area (TPSA) is 30.2 Å². The molecule has 0 N–H and O–H groups in total. The Kier molecular flexibility index (Phi) is 5.19. The van der Waals surface area contributed by atoms with Gasteiger partial charge in [0.25, 0.3) is 0 Å². The van der Waals surface area contributed by atoms with Gasteiger partial charge in [-0.2, -0.15) is 0 Å². The molecule has 0 fully saturated rings. The minimum Gasteiger partial charge on any atom is -0.348 e. The van der Waals surface area contributed by atoms with E-state index in [0.29, 0.717) is 17.0 Å². The molecule has 0 amide bonds. The molecule has 4 heteroatoms. The average Bonchev–Trinajstić information content (AvgIpc) is 3.66. The van der Waals surface area contributed by atoms with Gasteiger partial charge in [0.15, 0.2) is 0 Å². The monoisotopic (exact) mass is 765 g/mol. The zero-order chi connectivity index (χ0) is 37.3. The second-order valence-corrected chi connectivity index (χ2v) is 10.7. The van der Waals surface area contributed by atoms with Crippen LogP contribution in [0.25, 0.3) is 71.4 Å². The Morgan fingerprint density at radius 1 is 0.600 bits per heavy atom. The van der Waals surface area contributed by atoms with Crippen LogP contribution in [0, 0.1) is 32.7 Å². The van der Waals surface area contributed by atoms with E-state index in [1.165, 1.54) is 52.3 Å². The Balaban J connectivity index is 0.000000186. The maximum atomic E-state index is 7.63. The van der Waals surface area contributed by atoms with Gasteiger partial charge in [-0.1, -0.05) is 107 Å². The molecule has 0 saturated heterocycles. The van der Waals surface area contributed by atoms with Crippen molar-refractivity contribution in [3.63, 3.8) is 0 Å². The molecule has 219 valence electrons. The Hall–Kier alpha value is -4.89. The van der Waals surface area contributed by atoms with Gasteiger partial charge in [0, 0.05) is 61.4 Å². The van der Waals surface area contributed by atoms with Crippen LogP contribution >= 0.6 is 0 Å². The SMILES string of the molecule is [2H]C([2H])([2H])c1c[c-]c(-c2ccc(C([2H])([2H])[2H])cn2)cc1.[2H]C([2H])([2H])c1ccc(-c2[c-]c3c4ccccc4n4c3c(c2)c2ccc3ccccc3c24)nc1.[Ir]. The van der Waals surface area contributed by atoms with Gasteiger partial charge in [-0.05, 0) is 52.9 Å². The summed E-state index contributed by atoms with van der Waals surface area (Å²) >= 11 is 0. The maximum absolute atomic E-state index is 7.63. The van der Waals surface area contributed by atoms with Crippen molar-refractivity contribution in [2.75, 3.05) is 0 Å². The molecule has 0 spiro atoms. The number of hydrogen-bond donors (Lipinski definition) is 0. The van der Waals surface area contributed by atoms with Crippen molar-refractivity contribution >= 4 is 48.9 Å². The average molecular weight is 765 g/mol. The van der Waals surface area contributed by atoms with E-state index in [9.17, 15) is 0 Å². The van der Waals surface area contributed by atoms with Crippen LogP contribution in [0.1, 0.15) is 29.0 Å². The van der Waals surface area contributed by atoms with Crippen molar-refractivity contribution in [2.45, 2.75) is 20.6 Å². The molecule has 5 aromatic carbocycles. The molecule has 0 atom stereocenters. The molecule has 0 aliphatic carbocycles. The molecule has 0 aliphatic heterocycles. The molecular formula is C41H29IrN3-2. The van der Waals surface area contributed by atoms with Crippen LogP contribution in [-0.4, -0.2) is 14.4 Å². The van der Waals surface area contributed by atoms with Gasteiger partial charge in [0.05, 0.1) is 5.52 Å². The number of aryl methyl sites for hydroxylation is 3. The number of para-hydroxylation sites is 1. The van der Waals surface area contributed by atoms with Gasteiger partial charge >= 0.3 is 0 Å². The first-order valence-electron chi connectivity index (χ1n) is 18.7. The van der Waals surface area contributed by atoms with Gasteiger partial charge in [-0.3, -0.25) is 4.98 Å². The van der Waals surface area contributed by atoms with E-state index in [-0.39, 0.29) is 36.8 Å². The van der Waals surface area contributed by atoms with Crippen molar-refractivity contribution in [3.05, 3.63) is 150 Å². The Bertz CT molecular complexity index is 2710. The fourth-order valence-electron chi connectivity index (χ4n) is 5.98. The molecule has 0 aliphatic rings. The standard InChI is InChI=1S/C28H17N2.C13H12N.Ir/c1-17-10-13-25(29-16-17)19-14-23-21-8-4-5-9-26(21)30-27-20-7-3-2-6-18(20)11-12-22(27)24(15-19)28(23)30;1-10-3-6-12(7-4-10)13-8-5-11(2)9-14-13;/h2-13,15-16H,1H3;3-6,8-9H,1-2H3;/q2*-1;/i1D3;1D3,2D3;. The van der Waals surface area contributed by atoms with Crippen molar-refractivity contribution in [2.24, 2.45) is 0 Å². The van der Waals surface area contributed by atoms with Crippen molar-refractivity contribution in [1.82, 2.24) is 14.4 Å². The summed E-state index contributed by atoms with van der Waals surface area (Å²) < 4.78 is 68.9. The van der Waals surface area contributed by atoms with E-state index in [1.54, 1.807) is 24.3 Å². The Morgan fingerprint density at radius 3 is 1.98 bits per heavy atom. The van der Waals surface area contributed by atoms with Crippen LogP contribution in [0.15, 0.2) is 122 Å². The van der Waals surface area contributed by atoms with Crippen molar-refractivity contribution < 1.29 is 32.4 Å². The summed E-state index contributed by atoms with van der Waals surface area (Å²) in [6, 6.07) is 40.9. The minimum atomic E-state index is -2.18. The van der Waals surface area contributed by atoms with Crippen LogP contribution in [0.2, 0.25) is 0 Å². The fourth-order valence-corrected chi connectivity index (χ4v) is 5.98. The van der Waals surface area contributed by atoms with E-state index in [2.05, 4.69) is 93.2 Å². The predicted molar refractivity (Wildman–Crippen MR) is 183 cm³/mol. The third-order valence-electron chi connectivity index (χ3n) is 7.98. The smallest absolute Gasteiger partial charge is 0.0530 e. The van der Waals surface area contributed by atoms with Crippen molar-refractivity contribution in [3.8, 4) is 22.5 Å². The number of rotatable bonds is 2. The first-order chi connectivity index (χ1) is 25.2. The molecule has 0 unspecified atom stereocenters. The molecule has 0 bridgehead atoms. The van der Waals surface area contributed by atoms with E-state index >= 15 is 0 Å². The van der Waals surface area contributed by atoms with Gasteiger partial charge in [-0.25, -0.2) is 0 Å². The molecule has 4 aromatic heterocycles. The summed E-state index contributed by atoms with van der Waals surface area (Å²) in [5.41, 5.74) is 6.88. The second kappa shape index (κ2) is 11.6. The van der Waals surface area contributed by atoms with Crippen LogP contribution in [0.5, 0.6) is 0 Å². The van der Waals surface area contributed by atoms with Crippen LogP contribution < -0.4 is 0 Å². The second-order valence-electron chi connectivity index (χ2n) is 10.7. The van der Waals surface area contributed by atoms with E-state index < -0.39 is 20.6 Å². The fraction of sp³-hybridized carbons (Fsp3) is 0.0732. The van der Waals surface area contributed by atoms with Gasteiger partial charge in [-0.15, -0.1) is 47.5 Å². The predicted octanol–water partition coefficient (Wildman–Crippen LogP) is 10.3. The van der Waals surface area contributed by atoms with Gasteiger partial charge in [0.1, 0.15) is 0 Å². The number of aromatic nitrogens is 3. The Morgan fingerprint density at radius 2 is 1.29 bits per heavy atom. The third kappa shape index (κ3) is 4.97. The summed E-state index contributed by atoms with van der Waals surface area (Å²) in [6.45, 7) is -6.51. The zero-order valence-electron chi connectivity index (χ0n) is 32.7. The van der Waals surface area contributed by atoms with Crippen LogP contribution in [0.3, 0.4) is 0 Å². The molecule has 4 heterocycles. The molecule has 0 saturated carbocycles. The normalized spacial score (nSPS) is 15.1. The molecule has 9 rings (SSSR count). The van der Waals surface area contributed by atoms with Crippen LogP contribution in [-0.2, 0) is 20.1 Å². The molecule has 9 aromatic rings. The number of hydrogen-bond acceptors (Lipinski definition) is 2. The van der Waals surface area contributed by atoms with E-state index in [4.69, 9.17) is 12.3 Å². The van der Waals surface area contributed by atoms with Crippen molar-refractivity contribution in [1.29, 1.82) is 0 Å². The third-order valence-corrected chi connectivity index (χ3v) is 7.98. The molecule has 3 nitrogen and oxygen atoms in total. The number of pyridine rings is 2. The summed E-state index contributed by atoms with van der Waals surface area (Å²) in [4.78, 5) is 8.56. The molecule has 1 radical (unpaired) electrons. The zero-order valence-corrected chi connectivity index (χ0v) is 26.1. The first-order valence-corrected chi connectivity index (χ1v) is 14.2. The summed E-state index contributed by atoms with van der Waals surface area (Å²) in [5, 5.41) is 6.97. The minimum absolute atomic E-state index is 0. The number of benzene rings is 5. The summed E-state index contributed by atoms with van der Waals surface area (Å²) in [5.74, 6) is 0. The summed E-state index contributed by atoms with van der Waals surface area (Å²) in [6.07, 6.45) is 2.75. The number of fused-ring (bicyclic) bond motifs is 8. The van der Waals surface area contributed by atoms with E-state index in [1.807, 2.05) is 0 Å².